The van der Waals surface area contributed by atoms with Crippen molar-refractivity contribution in [3.63, 3.8) is 0 Å². The molecular formula is C25H29N3O3. The molecule has 1 atom stereocenters. The number of para-hydroxylation sites is 1. The average molecular weight is 420 g/mol. The summed E-state index contributed by atoms with van der Waals surface area (Å²) < 4.78 is 0. The molecule has 2 aromatic carbocycles. The van der Waals surface area contributed by atoms with E-state index in [1.54, 1.807) is 36.2 Å². The zero-order valence-corrected chi connectivity index (χ0v) is 17.9. The van der Waals surface area contributed by atoms with Crippen LogP contribution < -0.4 is 10.2 Å². The van der Waals surface area contributed by atoms with Crippen LogP contribution in [0.5, 0.6) is 0 Å². The second-order valence-corrected chi connectivity index (χ2v) is 8.45. The van der Waals surface area contributed by atoms with Gasteiger partial charge in [0.2, 0.25) is 11.8 Å². The molecule has 2 fully saturated rings. The van der Waals surface area contributed by atoms with E-state index in [0.29, 0.717) is 24.2 Å². The van der Waals surface area contributed by atoms with Gasteiger partial charge in [0.05, 0.1) is 0 Å². The Labute approximate surface area is 183 Å². The monoisotopic (exact) mass is 419 g/mol. The minimum Gasteiger partial charge on any atom is -0.330 e. The van der Waals surface area contributed by atoms with Crippen molar-refractivity contribution in [2.75, 3.05) is 23.8 Å². The normalized spacial score (nSPS) is 19.3. The number of nitrogens with zero attached hydrogens (tertiary/aromatic N) is 2. The Morgan fingerprint density at radius 2 is 1.71 bits per heavy atom. The van der Waals surface area contributed by atoms with Crippen LogP contribution >= 0.6 is 0 Å². The van der Waals surface area contributed by atoms with E-state index >= 15 is 0 Å². The predicted octanol–water partition coefficient (Wildman–Crippen LogP) is 4.08. The van der Waals surface area contributed by atoms with Gasteiger partial charge in [-0.25, -0.2) is 0 Å². The smallest absolute Gasteiger partial charge is 0.254 e. The number of rotatable bonds is 5. The van der Waals surface area contributed by atoms with Crippen molar-refractivity contribution >= 4 is 29.1 Å². The van der Waals surface area contributed by atoms with Crippen LogP contribution in [0.1, 0.15) is 48.9 Å². The highest BCUT2D eigenvalue weighted by Crippen LogP contribution is 2.26. The Hall–Kier alpha value is -3.15. The largest absolute Gasteiger partial charge is 0.330 e. The van der Waals surface area contributed by atoms with Crippen molar-refractivity contribution in [3.05, 3.63) is 60.2 Å². The highest BCUT2D eigenvalue weighted by molar-refractivity contribution is 6.04. The van der Waals surface area contributed by atoms with Gasteiger partial charge in [-0.3, -0.25) is 14.4 Å². The summed E-state index contributed by atoms with van der Waals surface area (Å²) in [5.41, 5.74) is 1.94. The third-order valence-corrected chi connectivity index (χ3v) is 6.39. The molecule has 1 N–H and O–H groups in total. The zero-order chi connectivity index (χ0) is 21.8. The van der Waals surface area contributed by atoms with Gasteiger partial charge in [-0.05, 0) is 49.6 Å². The van der Waals surface area contributed by atoms with Crippen LogP contribution in [0.15, 0.2) is 54.6 Å². The Balaban J connectivity index is 1.42. The number of nitrogens with one attached hydrogen (secondary N) is 1. The van der Waals surface area contributed by atoms with Gasteiger partial charge in [-0.15, -0.1) is 0 Å². The van der Waals surface area contributed by atoms with Gasteiger partial charge >= 0.3 is 0 Å². The summed E-state index contributed by atoms with van der Waals surface area (Å²) in [5.74, 6) is -0.205. The number of anilines is 2. The fraction of sp³-hybridized carbons (Fsp3) is 0.400. The molecule has 1 aliphatic carbocycles. The molecule has 2 aliphatic rings. The molecule has 6 heteroatoms. The third kappa shape index (κ3) is 4.63. The minimum absolute atomic E-state index is 0.0297. The molecule has 1 saturated carbocycles. The van der Waals surface area contributed by atoms with Crippen molar-refractivity contribution in [2.45, 2.75) is 44.6 Å². The SMILES string of the molecule is CN(C(=O)c1cccc(NC(=O)C2CCCCC2)c1)C1CCN(c2ccccc2)C1=O. The summed E-state index contributed by atoms with van der Waals surface area (Å²) >= 11 is 0. The van der Waals surface area contributed by atoms with Crippen molar-refractivity contribution in [3.8, 4) is 0 Å². The molecular weight excluding hydrogens is 390 g/mol. The highest BCUT2D eigenvalue weighted by atomic mass is 16.2. The molecule has 3 amide bonds. The molecule has 1 aliphatic heterocycles. The molecule has 1 unspecified atom stereocenters. The lowest BCUT2D eigenvalue weighted by atomic mass is 9.88. The van der Waals surface area contributed by atoms with Crippen molar-refractivity contribution in [2.24, 2.45) is 5.92 Å². The van der Waals surface area contributed by atoms with Crippen LogP contribution in [0, 0.1) is 5.92 Å². The molecule has 0 radical (unpaired) electrons. The lowest BCUT2D eigenvalue weighted by Crippen LogP contribution is -2.43. The first-order valence-electron chi connectivity index (χ1n) is 11.1. The van der Waals surface area contributed by atoms with Crippen molar-refractivity contribution in [1.29, 1.82) is 0 Å². The van der Waals surface area contributed by atoms with Crippen LogP contribution in [-0.4, -0.2) is 42.3 Å². The molecule has 31 heavy (non-hydrogen) atoms. The molecule has 0 aromatic heterocycles. The highest BCUT2D eigenvalue weighted by Gasteiger charge is 2.37. The maximum Gasteiger partial charge on any atom is 0.254 e. The molecule has 0 spiro atoms. The van der Waals surface area contributed by atoms with Gasteiger partial charge < -0.3 is 15.1 Å². The quantitative estimate of drug-likeness (QED) is 0.794. The van der Waals surface area contributed by atoms with Crippen LogP contribution in [0.4, 0.5) is 11.4 Å². The second-order valence-electron chi connectivity index (χ2n) is 8.45. The lowest BCUT2D eigenvalue weighted by Gasteiger charge is -2.24. The van der Waals surface area contributed by atoms with E-state index < -0.39 is 6.04 Å². The number of carbonyl (C=O) groups is 3. The summed E-state index contributed by atoms with van der Waals surface area (Å²) in [7, 11) is 1.67. The maximum atomic E-state index is 13.1. The van der Waals surface area contributed by atoms with E-state index in [0.717, 1.165) is 31.4 Å². The maximum absolute atomic E-state index is 13.1. The summed E-state index contributed by atoms with van der Waals surface area (Å²) in [4.78, 5) is 41.8. The molecule has 1 saturated heterocycles. The molecule has 1 heterocycles. The molecule has 4 rings (SSSR count). The van der Waals surface area contributed by atoms with E-state index in [4.69, 9.17) is 0 Å². The number of amides is 3. The van der Waals surface area contributed by atoms with E-state index in [1.165, 1.54) is 11.3 Å². The Morgan fingerprint density at radius 3 is 2.45 bits per heavy atom. The average Bonchev–Trinajstić information content (AvgIpc) is 3.20. The number of likely N-dealkylation sites (N-methyl/N-ethyl adjacent to an activating group) is 1. The number of carbonyl (C=O) groups excluding carboxylic acids is 3. The molecule has 2 aromatic rings. The van der Waals surface area contributed by atoms with Crippen LogP contribution in [0.25, 0.3) is 0 Å². The van der Waals surface area contributed by atoms with E-state index in [-0.39, 0.29) is 23.6 Å². The van der Waals surface area contributed by atoms with Gasteiger partial charge in [-0.2, -0.15) is 0 Å². The molecule has 162 valence electrons. The van der Waals surface area contributed by atoms with Crippen molar-refractivity contribution < 1.29 is 14.4 Å². The van der Waals surface area contributed by atoms with Crippen LogP contribution in [0.3, 0.4) is 0 Å². The summed E-state index contributed by atoms with van der Waals surface area (Å²) in [6.45, 7) is 0.586. The number of benzene rings is 2. The van der Waals surface area contributed by atoms with Gasteiger partial charge in [0, 0.05) is 36.4 Å². The topological polar surface area (TPSA) is 69.7 Å². The summed E-state index contributed by atoms with van der Waals surface area (Å²) in [5, 5.41) is 2.97. The third-order valence-electron chi connectivity index (χ3n) is 6.39. The first-order valence-corrected chi connectivity index (χ1v) is 11.1. The van der Waals surface area contributed by atoms with Gasteiger partial charge in [0.25, 0.3) is 5.91 Å². The van der Waals surface area contributed by atoms with Crippen LogP contribution in [0.2, 0.25) is 0 Å². The van der Waals surface area contributed by atoms with Crippen LogP contribution in [-0.2, 0) is 9.59 Å². The Bertz CT molecular complexity index is 953. The van der Waals surface area contributed by atoms with Gasteiger partial charge in [-0.1, -0.05) is 43.5 Å². The summed E-state index contributed by atoms with van der Waals surface area (Å²) in [6, 6.07) is 16.0. The zero-order valence-electron chi connectivity index (χ0n) is 17.9. The lowest BCUT2D eigenvalue weighted by molar-refractivity contribution is -0.121. The van der Waals surface area contributed by atoms with E-state index in [2.05, 4.69) is 5.32 Å². The molecule has 6 nitrogen and oxygen atoms in total. The van der Waals surface area contributed by atoms with Crippen molar-refractivity contribution in [1.82, 2.24) is 4.90 Å². The Morgan fingerprint density at radius 1 is 0.968 bits per heavy atom. The number of hydrogen-bond donors (Lipinski definition) is 1. The minimum atomic E-state index is -0.492. The first kappa shape index (κ1) is 21.1. The fourth-order valence-corrected chi connectivity index (χ4v) is 4.57. The Kier molecular flexibility index (Phi) is 6.35. The van der Waals surface area contributed by atoms with Gasteiger partial charge in [0.1, 0.15) is 6.04 Å². The number of hydrogen-bond acceptors (Lipinski definition) is 3. The standard InChI is InChI=1S/C25H29N3O3/c1-27(22-15-16-28(25(22)31)21-13-6-3-7-14-21)24(30)19-11-8-12-20(17-19)26-23(29)18-9-4-2-5-10-18/h3,6-8,11-14,17-18,22H,2,4-5,9-10,15-16H2,1H3,(H,26,29). The van der Waals surface area contributed by atoms with E-state index in [1.807, 2.05) is 30.3 Å². The molecule has 0 bridgehead atoms. The second kappa shape index (κ2) is 9.33. The fourth-order valence-electron chi connectivity index (χ4n) is 4.57. The first-order chi connectivity index (χ1) is 15.0. The predicted molar refractivity (Wildman–Crippen MR) is 121 cm³/mol. The van der Waals surface area contributed by atoms with Gasteiger partial charge in [0.15, 0.2) is 0 Å². The van der Waals surface area contributed by atoms with E-state index in [9.17, 15) is 14.4 Å². The summed E-state index contributed by atoms with van der Waals surface area (Å²) in [6.07, 6.45) is 5.83.